The highest BCUT2D eigenvalue weighted by Crippen LogP contribution is 2.48. The summed E-state index contributed by atoms with van der Waals surface area (Å²) in [6.07, 6.45) is 5.87. The van der Waals surface area contributed by atoms with Gasteiger partial charge >= 0.3 is 0 Å². The molecule has 0 radical (unpaired) electrons. The summed E-state index contributed by atoms with van der Waals surface area (Å²) in [7, 11) is 0. The fourth-order valence-corrected chi connectivity index (χ4v) is 5.92. The minimum Gasteiger partial charge on any atom is -0.494 e. The smallest absolute Gasteiger partial charge is 0.166 e. The van der Waals surface area contributed by atoms with Crippen LogP contribution in [0.1, 0.15) is 32.6 Å². The van der Waals surface area contributed by atoms with Crippen molar-refractivity contribution in [2.24, 2.45) is 17.8 Å². The predicted molar refractivity (Wildman–Crippen MR) is 93.6 cm³/mol. The number of hydrogen-bond donors (Lipinski definition) is 1. The van der Waals surface area contributed by atoms with Gasteiger partial charge in [-0.25, -0.2) is 4.98 Å². The normalized spacial score (nSPS) is 26.9. The first-order valence-electron chi connectivity index (χ1n) is 8.25. The zero-order valence-corrected chi connectivity index (χ0v) is 14.5. The van der Waals surface area contributed by atoms with Crippen LogP contribution in [0, 0.1) is 17.8 Å². The molecule has 1 aromatic carbocycles. The molecule has 5 heteroatoms. The van der Waals surface area contributed by atoms with E-state index in [0.717, 1.165) is 39.9 Å². The molecule has 2 saturated carbocycles. The number of fused-ring (bicyclic) bond motifs is 3. The summed E-state index contributed by atoms with van der Waals surface area (Å²) in [6.45, 7) is 3.85. The SMILES string of the molecule is CCOc1ccc2nc(SNC[C@H]3C[C@H]4CC[C@H]3C4)sc2c1. The monoisotopic (exact) mass is 334 g/mol. The zero-order chi connectivity index (χ0) is 14.9. The van der Waals surface area contributed by atoms with Gasteiger partial charge in [0.05, 0.1) is 16.8 Å². The molecule has 3 atom stereocenters. The number of nitrogens with zero attached hydrogens (tertiary/aromatic N) is 1. The number of benzene rings is 1. The summed E-state index contributed by atoms with van der Waals surface area (Å²) in [6, 6.07) is 6.15. The van der Waals surface area contributed by atoms with Crippen molar-refractivity contribution in [2.75, 3.05) is 13.2 Å². The largest absolute Gasteiger partial charge is 0.494 e. The lowest BCUT2D eigenvalue weighted by Crippen LogP contribution is -2.22. The van der Waals surface area contributed by atoms with Crippen molar-refractivity contribution < 1.29 is 4.74 Å². The molecular formula is C17H22N2OS2. The van der Waals surface area contributed by atoms with Crippen LogP contribution < -0.4 is 9.46 Å². The number of hydrogen-bond acceptors (Lipinski definition) is 5. The van der Waals surface area contributed by atoms with E-state index in [-0.39, 0.29) is 0 Å². The molecule has 3 nitrogen and oxygen atoms in total. The van der Waals surface area contributed by atoms with E-state index < -0.39 is 0 Å². The number of ether oxygens (including phenoxy) is 1. The van der Waals surface area contributed by atoms with Crippen LogP contribution in [0.3, 0.4) is 0 Å². The van der Waals surface area contributed by atoms with Crippen molar-refractivity contribution in [3.63, 3.8) is 0 Å². The fraction of sp³-hybridized carbons (Fsp3) is 0.588. The highest BCUT2D eigenvalue weighted by molar-refractivity contribution is 7.99. The van der Waals surface area contributed by atoms with E-state index in [4.69, 9.17) is 4.74 Å². The van der Waals surface area contributed by atoms with E-state index in [1.165, 1.54) is 30.4 Å². The molecule has 1 N–H and O–H groups in total. The first-order valence-corrected chi connectivity index (χ1v) is 9.88. The van der Waals surface area contributed by atoms with E-state index >= 15 is 0 Å². The van der Waals surface area contributed by atoms with Crippen LogP contribution in [0.25, 0.3) is 10.2 Å². The Balaban J connectivity index is 1.35. The third-order valence-corrected chi connectivity index (χ3v) is 6.93. The molecule has 2 aromatic rings. The van der Waals surface area contributed by atoms with Gasteiger partial charge in [0.2, 0.25) is 0 Å². The minimum atomic E-state index is 0.705. The molecule has 22 heavy (non-hydrogen) atoms. The van der Waals surface area contributed by atoms with Gasteiger partial charge in [0.25, 0.3) is 0 Å². The molecule has 2 fully saturated rings. The third kappa shape index (κ3) is 2.99. The first kappa shape index (κ1) is 14.8. The summed E-state index contributed by atoms with van der Waals surface area (Å²) >= 11 is 3.44. The van der Waals surface area contributed by atoms with Gasteiger partial charge in [-0.15, -0.1) is 11.3 Å². The maximum absolute atomic E-state index is 5.56. The molecule has 0 unspecified atom stereocenters. The van der Waals surface area contributed by atoms with E-state index in [0.29, 0.717) is 6.61 Å². The Morgan fingerprint density at radius 3 is 3.09 bits per heavy atom. The Bertz CT molecular complexity index is 657. The average molecular weight is 335 g/mol. The number of rotatable bonds is 6. The van der Waals surface area contributed by atoms with Crippen molar-refractivity contribution >= 4 is 33.5 Å². The molecule has 2 bridgehead atoms. The van der Waals surface area contributed by atoms with Gasteiger partial charge in [-0.2, -0.15) is 0 Å². The van der Waals surface area contributed by atoms with Crippen LogP contribution in [0.15, 0.2) is 22.5 Å². The van der Waals surface area contributed by atoms with Crippen molar-refractivity contribution in [1.82, 2.24) is 9.71 Å². The minimum absolute atomic E-state index is 0.705. The Morgan fingerprint density at radius 2 is 2.32 bits per heavy atom. The van der Waals surface area contributed by atoms with E-state index in [9.17, 15) is 0 Å². The molecule has 0 saturated heterocycles. The van der Waals surface area contributed by atoms with Crippen LogP contribution >= 0.6 is 23.3 Å². The molecule has 0 spiro atoms. The van der Waals surface area contributed by atoms with Crippen LogP contribution in [-0.4, -0.2) is 18.1 Å². The van der Waals surface area contributed by atoms with Gasteiger partial charge < -0.3 is 4.74 Å². The molecule has 4 rings (SSSR count). The van der Waals surface area contributed by atoms with E-state index in [1.807, 2.05) is 13.0 Å². The molecule has 2 aliphatic rings. The second-order valence-corrected chi connectivity index (χ2v) is 8.60. The van der Waals surface area contributed by atoms with Crippen molar-refractivity contribution in [3.8, 4) is 5.75 Å². The van der Waals surface area contributed by atoms with Crippen LogP contribution in [0.5, 0.6) is 5.75 Å². The maximum Gasteiger partial charge on any atom is 0.166 e. The second-order valence-electron chi connectivity index (χ2n) is 6.43. The standard InChI is InChI=1S/C17H22N2OS2/c1-2-20-14-5-6-15-16(9-14)21-17(19-15)22-18-10-13-8-11-3-4-12(13)7-11/h5-6,9,11-13,18H,2-4,7-8,10H2,1H3/t11-,12-,13+/m0/s1. The molecule has 1 heterocycles. The fourth-order valence-electron chi connectivity index (χ4n) is 4.02. The predicted octanol–water partition coefficient (Wildman–Crippen LogP) is 4.73. The van der Waals surface area contributed by atoms with Gasteiger partial charge in [-0.1, -0.05) is 6.42 Å². The van der Waals surface area contributed by atoms with Crippen LogP contribution in [0.4, 0.5) is 0 Å². The lowest BCUT2D eigenvalue weighted by molar-refractivity contribution is 0.335. The van der Waals surface area contributed by atoms with Crippen molar-refractivity contribution in [1.29, 1.82) is 0 Å². The highest BCUT2D eigenvalue weighted by atomic mass is 32.2. The molecule has 1 aromatic heterocycles. The topological polar surface area (TPSA) is 34.1 Å². The Labute approximate surface area is 140 Å². The maximum atomic E-state index is 5.56. The highest BCUT2D eigenvalue weighted by Gasteiger charge is 2.38. The lowest BCUT2D eigenvalue weighted by atomic mass is 9.89. The summed E-state index contributed by atoms with van der Waals surface area (Å²) in [5, 5.41) is 0. The molecule has 0 amide bonds. The van der Waals surface area contributed by atoms with Gasteiger partial charge in [0.1, 0.15) is 5.75 Å². The molecule has 2 aliphatic carbocycles. The summed E-state index contributed by atoms with van der Waals surface area (Å²) in [4.78, 5) is 4.69. The van der Waals surface area contributed by atoms with Crippen molar-refractivity contribution in [2.45, 2.75) is 36.9 Å². The second kappa shape index (κ2) is 6.38. The number of nitrogens with one attached hydrogen (secondary N) is 1. The first-order chi connectivity index (χ1) is 10.8. The van der Waals surface area contributed by atoms with E-state index in [1.54, 1.807) is 23.3 Å². The zero-order valence-electron chi connectivity index (χ0n) is 12.9. The quantitative estimate of drug-likeness (QED) is 0.775. The van der Waals surface area contributed by atoms with Gasteiger partial charge in [0, 0.05) is 6.54 Å². The molecular weight excluding hydrogens is 312 g/mol. The summed E-state index contributed by atoms with van der Waals surface area (Å²) in [5.74, 6) is 3.85. The Morgan fingerprint density at radius 1 is 1.36 bits per heavy atom. The molecule has 0 aliphatic heterocycles. The third-order valence-electron chi connectivity index (χ3n) is 5.04. The van der Waals surface area contributed by atoms with Crippen LogP contribution in [-0.2, 0) is 0 Å². The van der Waals surface area contributed by atoms with Gasteiger partial charge in [-0.05, 0) is 74.1 Å². The summed E-state index contributed by atoms with van der Waals surface area (Å²) < 4.78 is 11.4. The average Bonchev–Trinajstić information content (AvgIpc) is 3.21. The summed E-state index contributed by atoms with van der Waals surface area (Å²) in [5.41, 5.74) is 1.07. The van der Waals surface area contributed by atoms with E-state index in [2.05, 4.69) is 21.8 Å². The Hall–Kier alpha value is -0.780. The number of thiazole rings is 1. The van der Waals surface area contributed by atoms with Crippen molar-refractivity contribution in [3.05, 3.63) is 18.2 Å². The number of aromatic nitrogens is 1. The van der Waals surface area contributed by atoms with Crippen LogP contribution in [0.2, 0.25) is 0 Å². The Kier molecular flexibility index (Phi) is 4.29. The molecule has 118 valence electrons. The van der Waals surface area contributed by atoms with Gasteiger partial charge in [-0.3, -0.25) is 4.72 Å². The lowest BCUT2D eigenvalue weighted by Gasteiger charge is -2.21. The van der Waals surface area contributed by atoms with Gasteiger partial charge in [0.15, 0.2) is 4.34 Å².